The van der Waals surface area contributed by atoms with Crippen LogP contribution in [-0.2, 0) is 9.02 Å². The zero-order valence-corrected chi connectivity index (χ0v) is 16.5. The van der Waals surface area contributed by atoms with Gasteiger partial charge in [-0.15, -0.1) is 0 Å². The monoisotopic (exact) mass is 336 g/mol. The molecule has 1 atom stereocenters. The molecule has 22 heavy (non-hydrogen) atoms. The number of ether oxygens (including phenoxy) is 1. The Hall–Kier alpha value is 0.110. The predicted octanol–water partition coefficient (Wildman–Crippen LogP) is 2.25. The summed E-state index contributed by atoms with van der Waals surface area (Å²) in [6.45, 7) is 14.9. The summed E-state index contributed by atoms with van der Waals surface area (Å²) in [5, 5.41) is 7.42. The number of nitrogens with zero attached hydrogens (tertiary/aromatic N) is 3. The molecule has 0 spiro atoms. The van der Waals surface area contributed by atoms with Crippen molar-refractivity contribution in [3.8, 4) is 0 Å². The topological polar surface area (TPSA) is 40.2 Å². The highest BCUT2D eigenvalue weighted by Crippen LogP contribution is 2.21. The Morgan fingerprint density at radius 2 is 1.82 bits per heavy atom. The molecule has 1 unspecified atom stereocenters. The molecule has 0 aromatic rings. The minimum atomic E-state index is 0.190. The van der Waals surface area contributed by atoms with Crippen molar-refractivity contribution in [1.82, 2.24) is 19.8 Å². The summed E-state index contributed by atoms with van der Waals surface area (Å²) in [4.78, 5) is 0. The molecule has 0 saturated carbocycles. The lowest BCUT2D eigenvalue weighted by Gasteiger charge is -2.34. The van der Waals surface area contributed by atoms with Gasteiger partial charge in [0.05, 0.1) is 6.61 Å². The molecule has 0 aliphatic carbocycles. The third-order valence-electron chi connectivity index (χ3n) is 3.56. The normalized spacial score (nSPS) is 14.3. The van der Waals surface area contributed by atoms with Gasteiger partial charge >= 0.3 is 0 Å². The second-order valence-corrected chi connectivity index (χ2v) is 7.20. The van der Waals surface area contributed by atoms with Gasteiger partial charge in [0.1, 0.15) is 12.2 Å². The van der Waals surface area contributed by atoms with Gasteiger partial charge in [0, 0.05) is 46.4 Å². The van der Waals surface area contributed by atoms with E-state index in [1.807, 2.05) is 37.5 Å². The van der Waals surface area contributed by atoms with Crippen molar-refractivity contribution in [3.63, 3.8) is 0 Å². The molecule has 0 radical (unpaired) electrons. The minimum absolute atomic E-state index is 0.190. The lowest BCUT2D eigenvalue weighted by molar-refractivity contribution is -0.0419. The van der Waals surface area contributed by atoms with Crippen molar-refractivity contribution in [3.05, 3.63) is 0 Å². The van der Waals surface area contributed by atoms with Gasteiger partial charge in [-0.3, -0.25) is 0 Å². The lowest BCUT2D eigenvalue weighted by Crippen LogP contribution is -2.46. The smallest absolute Gasteiger partial charge is 0.120 e. The summed E-state index contributed by atoms with van der Waals surface area (Å²) in [6, 6.07) is 0.364. The van der Waals surface area contributed by atoms with E-state index in [0.29, 0.717) is 6.04 Å². The molecule has 0 fully saturated rings. The van der Waals surface area contributed by atoms with Crippen LogP contribution in [0.25, 0.3) is 0 Å². The first-order chi connectivity index (χ1) is 10.3. The van der Waals surface area contributed by atoms with Gasteiger partial charge in [-0.1, -0.05) is 27.7 Å². The molecule has 0 aromatic heterocycles. The van der Waals surface area contributed by atoms with Crippen LogP contribution >= 0.6 is 12.2 Å². The van der Waals surface area contributed by atoms with Crippen LogP contribution in [0.4, 0.5) is 0 Å². The number of rotatable bonds is 12. The first-order valence-corrected chi connectivity index (χ1v) is 8.75. The minimum Gasteiger partial charge on any atom is -0.380 e. The van der Waals surface area contributed by atoms with Crippen molar-refractivity contribution in [2.75, 3.05) is 54.0 Å². The molecule has 6 nitrogen and oxygen atoms in total. The Kier molecular flexibility index (Phi) is 11.7. The van der Waals surface area contributed by atoms with Gasteiger partial charge in [0.15, 0.2) is 0 Å². The number of hydrogen-bond acceptors (Lipinski definition) is 7. The molecule has 0 aliphatic heterocycles. The molecule has 134 valence electrons. The van der Waals surface area contributed by atoms with E-state index in [-0.39, 0.29) is 5.41 Å². The van der Waals surface area contributed by atoms with Gasteiger partial charge in [-0.2, -0.15) is 9.48 Å². The lowest BCUT2D eigenvalue weighted by atomic mass is 9.87. The van der Waals surface area contributed by atoms with Crippen molar-refractivity contribution in [2.45, 2.75) is 40.7 Å². The Morgan fingerprint density at radius 1 is 1.18 bits per heavy atom. The maximum atomic E-state index is 5.77. The molecule has 0 amide bonds. The fourth-order valence-corrected chi connectivity index (χ4v) is 2.61. The summed E-state index contributed by atoms with van der Waals surface area (Å²) in [5.74, 6) is 0. The molecule has 0 rings (SSSR count). The van der Waals surface area contributed by atoms with E-state index in [0.717, 1.165) is 32.8 Å². The van der Waals surface area contributed by atoms with E-state index >= 15 is 0 Å². The van der Waals surface area contributed by atoms with Crippen LogP contribution in [0.5, 0.6) is 0 Å². The maximum absolute atomic E-state index is 5.77. The summed E-state index contributed by atoms with van der Waals surface area (Å²) in [5.41, 5.74) is 0.190. The number of hydrazine groups is 1. The molecule has 0 saturated heterocycles. The first-order valence-electron chi connectivity index (χ1n) is 8.05. The molecule has 0 aromatic carbocycles. The van der Waals surface area contributed by atoms with Gasteiger partial charge in [-0.25, -0.2) is 9.29 Å². The van der Waals surface area contributed by atoms with Crippen molar-refractivity contribution in [1.29, 1.82) is 0 Å². The van der Waals surface area contributed by atoms with E-state index in [9.17, 15) is 0 Å². The Morgan fingerprint density at radius 3 is 2.27 bits per heavy atom. The van der Waals surface area contributed by atoms with E-state index in [1.165, 1.54) is 12.2 Å². The van der Waals surface area contributed by atoms with Crippen molar-refractivity contribution >= 4 is 12.2 Å². The first kappa shape index (κ1) is 22.1. The van der Waals surface area contributed by atoms with Crippen LogP contribution in [0.1, 0.15) is 34.6 Å². The molecular weight excluding hydrogens is 300 g/mol. The summed E-state index contributed by atoms with van der Waals surface area (Å²) in [7, 11) is 5.97. The Balaban J connectivity index is 4.17. The van der Waals surface area contributed by atoms with Crippen LogP contribution in [0.2, 0.25) is 0 Å². The standard InChI is InChI=1S/C15H36N4O2S/c1-9-19(11-12-20-10-2)18(8)22-21-17(7)13-14(16-6)15(3,4)5/h14,16H,9-13H2,1-8H3. The van der Waals surface area contributed by atoms with E-state index in [1.54, 1.807) is 0 Å². The quantitative estimate of drug-likeness (QED) is 0.254. The number of hydrogen-bond donors (Lipinski definition) is 1. The highest BCUT2D eigenvalue weighted by atomic mass is 32.2. The van der Waals surface area contributed by atoms with E-state index < -0.39 is 0 Å². The Labute approximate surface area is 141 Å². The zero-order chi connectivity index (χ0) is 17.2. The van der Waals surface area contributed by atoms with Gasteiger partial charge in [0.25, 0.3) is 0 Å². The average molecular weight is 337 g/mol. The van der Waals surface area contributed by atoms with Gasteiger partial charge < -0.3 is 10.1 Å². The molecule has 0 aliphatic rings. The highest BCUT2D eigenvalue weighted by Gasteiger charge is 2.25. The molecule has 0 bridgehead atoms. The van der Waals surface area contributed by atoms with Crippen molar-refractivity contribution in [2.24, 2.45) is 5.41 Å². The Bertz CT molecular complexity index is 277. The van der Waals surface area contributed by atoms with Gasteiger partial charge in [-0.05, 0) is 19.4 Å². The van der Waals surface area contributed by atoms with Gasteiger partial charge in [0.2, 0.25) is 0 Å². The van der Waals surface area contributed by atoms with Crippen LogP contribution < -0.4 is 5.32 Å². The third-order valence-corrected chi connectivity index (χ3v) is 4.33. The summed E-state index contributed by atoms with van der Waals surface area (Å²) >= 11 is 1.34. The van der Waals surface area contributed by atoms with Crippen molar-refractivity contribution < 1.29 is 9.02 Å². The second kappa shape index (κ2) is 11.6. The van der Waals surface area contributed by atoms with E-state index in [2.05, 4.69) is 38.0 Å². The SMILES string of the molecule is CCOCCN(CC)N(C)SON(C)CC(NC)C(C)(C)C. The maximum Gasteiger partial charge on any atom is 0.120 e. The number of likely N-dealkylation sites (N-methyl/N-ethyl adjacent to an activating group) is 3. The summed E-state index contributed by atoms with van der Waals surface area (Å²) in [6.07, 6.45) is 0. The van der Waals surface area contributed by atoms with Crippen LogP contribution in [-0.4, -0.2) is 74.5 Å². The fraction of sp³-hybridized carbons (Fsp3) is 1.00. The second-order valence-electron chi connectivity index (χ2n) is 6.37. The highest BCUT2D eigenvalue weighted by molar-refractivity contribution is 7.92. The molecule has 7 heteroatoms. The van der Waals surface area contributed by atoms with Crippen LogP contribution in [0, 0.1) is 5.41 Å². The largest absolute Gasteiger partial charge is 0.380 e. The number of nitrogens with one attached hydrogen (secondary N) is 1. The van der Waals surface area contributed by atoms with Crippen LogP contribution in [0.15, 0.2) is 0 Å². The molecule has 0 heterocycles. The number of hydroxylamine groups is 2. The van der Waals surface area contributed by atoms with Crippen LogP contribution in [0.3, 0.4) is 0 Å². The van der Waals surface area contributed by atoms with E-state index in [4.69, 9.17) is 9.02 Å². The molecule has 1 N–H and O–H groups in total. The zero-order valence-electron chi connectivity index (χ0n) is 15.7. The third kappa shape index (κ3) is 9.29. The molecular formula is C15H36N4O2S. The average Bonchev–Trinajstić information content (AvgIpc) is 2.45. The predicted molar refractivity (Wildman–Crippen MR) is 95.1 cm³/mol. The summed E-state index contributed by atoms with van der Waals surface area (Å²) < 4.78 is 13.2. The fourth-order valence-electron chi connectivity index (χ4n) is 2.05.